The molecule has 2 N–H and O–H groups in total. The highest BCUT2D eigenvalue weighted by atomic mass is 32.2. The van der Waals surface area contributed by atoms with Crippen LogP contribution in [-0.2, 0) is 10.0 Å². The Bertz CT molecular complexity index is 826. The number of rotatable bonds is 3. The van der Waals surface area contributed by atoms with Gasteiger partial charge < -0.3 is 5.11 Å². The molecule has 0 aliphatic heterocycles. The summed E-state index contributed by atoms with van der Waals surface area (Å²) in [4.78, 5) is 4.21. The van der Waals surface area contributed by atoms with Crippen molar-refractivity contribution in [3.8, 4) is 17.6 Å². The maximum atomic E-state index is 11.1. The second kappa shape index (κ2) is 5.63. The minimum atomic E-state index is -3.46. The molecule has 0 aliphatic rings. The Morgan fingerprint density at radius 3 is 3.00 bits per heavy atom. The van der Waals surface area contributed by atoms with Crippen LogP contribution in [0.15, 0.2) is 24.1 Å². The van der Waals surface area contributed by atoms with E-state index in [4.69, 9.17) is 0 Å². The molecule has 5 nitrogen and oxygen atoms in total. The Kier molecular flexibility index (Phi) is 4.09. The molecule has 104 valence electrons. The molecule has 0 unspecified atom stereocenters. The summed E-state index contributed by atoms with van der Waals surface area (Å²) in [5.74, 6) is 5.54. The van der Waals surface area contributed by atoms with E-state index in [2.05, 4.69) is 28.1 Å². The third-order valence-corrected chi connectivity index (χ3v) is 4.30. The van der Waals surface area contributed by atoms with Gasteiger partial charge in [-0.1, -0.05) is 18.4 Å². The van der Waals surface area contributed by atoms with E-state index in [1.54, 1.807) is 0 Å². The van der Waals surface area contributed by atoms with Gasteiger partial charge in [-0.2, -0.15) is 4.72 Å². The maximum absolute atomic E-state index is 11.1. The molecule has 2 rings (SSSR count). The summed E-state index contributed by atoms with van der Waals surface area (Å²) < 4.78 is 25.3. The lowest BCUT2D eigenvalue weighted by Crippen LogP contribution is -2.20. The van der Waals surface area contributed by atoms with Gasteiger partial charge in [-0.3, -0.25) is 0 Å². The lowest BCUT2D eigenvalue weighted by molar-refractivity contribution is 0.480. The molecule has 0 aliphatic carbocycles. The molecule has 0 atom stereocenters. The van der Waals surface area contributed by atoms with Crippen molar-refractivity contribution in [2.24, 2.45) is 0 Å². The topological polar surface area (TPSA) is 79.3 Å². The second-order valence-electron chi connectivity index (χ2n) is 3.91. The maximum Gasteiger partial charge on any atom is 0.233 e. The number of nitrogens with zero attached hydrogens (tertiary/aromatic N) is 1. The Morgan fingerprint density at radius 1 is 1.55 bits per heavy atom. The van der Waals surface area contributed by atoms with Gasteiger partial charge in [0.1, 0.15) is 11.3 Å². The van der Waals surface area contributed by atoms with Crippen LogP contribution in [0.4, 0.5) is 0 Å². The summed E-state index contributed by atoms with van der Waals surface area (Å²) in [6.07, 6.45) is 0. The fourth-order valence-corrected chi connectivity index (χ4v) is 2.82. The minimum absolute atomic E-state index is 0.0190. The van der Waals surface area contributed by atoms with Crippen molar-refractivity contribution in [3.63, 3.8) is 0 Å². The number of phenols is 1. The number of hydrogen-bond donors (Lipinski definition) is 2. The van der Waals surface area contributed by atoms with Crippen molar-refractivity contribution >= 4 is 31.6 Å². The third kappa shape index (κ3) is 3.36. The van der Waals surface area contributed by atoms with Crippen LogP contribution in [-0.4, -0.2) is 25.1 Å². The zero-order chi connectivity index (χ0) is 14.8. The van der Waals surface area contributed by atoms with Crippen molar-refractivity contribution < 1.29 is 13.5 Å². The van der Waals surface area contributed by atoms with Crippen LogP contribution in [0.3, 0.4) is 0 Å². The van der Waals surface area contributed by atoms with Crippen LogP contribution >= 0.6 is 11.3 Å². The lowest BCUT2D eigenvalue weighted by atomic mass is 10.2. The predicted octanol–water partition coefficient (Wildman–Crippen LogP) is 1.72. The van der Waals surface area contributed by atoms with Gasteiger partial charge in [-0.05, 0) is 19.1 Å². The van der Waals surface area contributed by atoms with Crippen LogP contribution in [0.5, 0.6) is 5.75 Å². The molecule has 0 spiro atoms. The molecule has 1 aromatic heterocycles. The van der Waals surface area contributed by atoms with E-state index in [-0.39, 0.29) is 12.3 Å². The summed E-state index contributed by atoms with van der Waals surface area (Å²) in [5, 5.41) is 11.5. The van der Waals surface area contributed by atoms with E-state index in [9.17, 15) is 13.5 Å². The Morgan fingerprint density at radius 2 is 2.30 bits per heavy atom. The van der Waals surface area contributed by atoms with Crippen LogP contribution in [0.25, 0.3) is 10.2 Å². The van der Waals surface area contributed by atoms with E-state index in [1.807, 2.05) is 13.0 Å². The van der Waals surface area contributed by atoms with Gasteiger partial charge in [0.05, 0.1) is 16.3 Å². The first-order valence-electron chi connectivity index (χ1n) is 5.62. The first-order chi connectivity index (χ1) is 9.41. The van der Waals surface area contributed by atoms with Gasteiger partial charge in [0.15, 0.2) is 0 Å². The van der Waals surface area contributed by atoms with Crippen molar-refractivity contribution in [2.75, 3.05) is 6.54 Å². The van der Waals surface area contributed by atoms with E-state index < -0.39 is 10.0 Å². The molecule has 0 radical (unpaired) electrons. The number of aryl methyl sites for hydroxylation is 1. The number of hydrogen-bond acceptors (Lipinski definition) is 5. The first kappa shape index (κ1) is 14.5. The SMILES string of the molecule is C=CS(=O)(=O)NCC#Cc1cc(O)c2nc(C)sc2c1. The van der Waals surface area contributed by atoms with Gasteiger partial charge in [0.25, 0.3) is 0 Å². The Hall–Kier alpha value is -1.88. The molecule has 7 heteroatoms. The minimum Gasteiger partial charge on any atom is -0.506 e. The second-order valence-corrected chi connectivity index (χ2v) is 6.86. The number of thiazole rings is 1. The normalized spacial score (nSPS) is 11.1. The van der Waals surface area contributed by atoms with Crippen molar-refractivity contribution in [2.45, 2.75) is 6.92 Å². The molecule has 0 bridgehead atoms. The summed E-state index contributed by atoms with van der Waals surface area (Å²) in [7, 11) is -3.46. The van der Waals surface area contributed by atoms with Gasteiger partial charge in [0, 0.05) is 11.0 Å². The fraction of sp³-hybridized carbons (Fsp3) is 0.154. The molecule has 0 saturated heterocycles. The zero-order valence-electron chi connectivity index (χ0n) is 10.7. The molecule has 0 saturated carbocycles. The fourth-order valence-electron chi connectivity index (χ4n) is 1.54. The van der Waals surface area contributed by atoms with Gasteiger partial charge >= 0.3 is 0 Å². The van der Waals surface area contributed by atoms with Crippen LogP contribution < -0.4 is 4.72 Å². The van der Waals surface area contributed by atoms with E-state index in [1.165, 1.54) is 17.4 Å². The largest absolute Gasteiger partial charge is 0.506 e. The molecule has 2 aromatic rings. The first-order valence-corrected chi connectivity index (χ1v) is 7.99. The number of aromatic nitrogens is 1. The van der Waals surface area contributed by atoms with Crippen molar-refractivity contribution in [1.82, 2.24) is 9.71 Å². The number of fused-ring (bicyclic) bond motifs is 1. The molecular weight excluding hydrogens is 296 g/mol. The average Bonchev–Trinajstić information content (AvgIpc) is 2.76. The van der Waals surface area contributed by atoms with Gasteiger partial charge in [-0.25, -0.2) is 13.4 Å². The standard InChI is InChI=1S/C13H12N2O3S2/c1-3-20(17,18)14-6-4-5-10-7-11(16)13-12(8-10)19-9(2)15-13/h3,7-8,14,16H,1,6H2,2H3. The number of nitrogens with one attached hydrogen (secondary N) is 1. The summed E-state index contributed by atoms with van der Waals surface area (Å²) in [6, 6.07) is 3.32. The summed E-state index contributed by atoms with van der Waals surface area (Å²) in [5.41, 5.74) is 1.17. The average molecular weight is 308 g/mol. The summed E-state index contributed by atoms with van der Waals surface area (Å²) in [6.45, 7) is 5.02. The monoisotopic (exact) mass is 308 g/mol. The number of benzene rings is 1. The smallest absolute Gasteiger partial charge is 0.233 e. The quantitative estimate of drug-likeness (QED) is 0.846. The molecular formula is C13H12N2O3S2. The zero-order valence-corrected chi connectivity index (χ0v) is 12.3. The van der Waals surface area contributed by atoms with E-state index in [0.29, 0.717) is 11.1 Å². The molecule has 1 aromatic carbocycles. The Labute approximate surface area is 121 Å². The van der Waals surface area contributed by atoms with Crippen molar-refractivity contribution in [3.05, 3.63) is 34.7 Å². The predicted molar refractivity (Wildman–Crippen MR) is 80.0 cm³/mol. The van der Waals surface area contributed by atoms with Gasteiger partial charge in [-0.15, -0.1) is 11.3 Å². The third-order valence-electron chi connectivity index (χ3n) is 2.40. The molecule has 20 heavy (non-hydrogen) atoms. The number of aromatic hydroxyl groups is 1. The van der Waals surface area contributed by atoms with Crippen LogP contribution in [0, 0.1) is 18.8 Å². The number of phenolic OH excluding ortho intramolecular Hbond substituents is 1. The highest BCUT2D eigenvalue weighted by Gasteiger charge is 2.06. The number of sulfonamides is 1. The molecule has 0 fully saturated rings. The highest BCUT2D eigenvalue weighted by Crippen LogP contribution is 2.29. The van der Waals surface area contributed by atoms with E-state index >= 15 is 0 Å². The van der Waals surface area contributed by atoms with E-state index in [0.717, 1.165) is 15.1 Å². The van der Waals surface area contributed by atoms with Crippen LogP contribution in [0.2, 0.25) is 0 Å². The highest BCUT2D eigenvalue weighted by molar-refractivity contribution is 7.92. The Balaban J connectivity index is 2.21. The molecule has 0 amide bonds. The lowest BCUT2D eigenvalue weighted by Gasteiger charge is -1.96. The van der Waals surface area contributed by atoms with Crippen LogP contribution in [0.1, 0.15) is 10.6 Å². The molecule has 1 heterocycles. The van der Waals surface area contributed by atoms with Gasteiger partial charge in [0.2, 0.25) is 10.0 Å². The van der Waals surface area contributed by atoms with Crippen molar-refractivity contribution in [1.29, 1.82) is 0 Å². The summed E-state index contributed by atoms with van der Waals surface area (Å²) >= 11 is 1.46.